The summed E-state index contributed by atoms with van der Waals surface area (Å²) in [7, 11) is 0. The van der Waals surface area contributed by atoms with Crippen LogP contribution in [0.15, 0.2) is 0 Å². The van der Waals surface area contributed by atoms with Crippen LogP contribution in [0.25, 0.3) is 0 Å². The summed E-state index contributed by atoms with van der Waals surface area (Å²) >= 11 is 6.03. The number of nitrogen functional groups attached to an aromatic ring is 1. The van der Waals surface area contributed by atoms with Crippen LogP contribution < -0.4 is 5.73 Å². The van der Waals surface area contributed by atoms with Gasteiger partial charge in [0.15, 0.2) is 0 Å². The number of nitrogens with zero attached hydrogens (tertiary/aromatic N) is 2. The number of nitrogens with two attached hydrogens (primary N) is 1. The molecule has 86 valence electrons. The first kappa shape index (κ1) is 10.3. The Bertz CT molecular complexity index is 429. The maximum Gasteiger partial charge on any atom is 0.221 e. The monoisotopic (exact) mass is 239 g/mol. The summed E-state index contributed by atoms with van der Waals surface area (Å²) in [5.74, 6) is 0.263. The third-order valence-electron chi connectivity index (χ3n) is 3.59. The van der Waals surface area contributed by atoms with Crippen LogP contribution in [0.2, 0.25) is 5.15 Å². The second-order valence-corrected chi connectivity index (χ2v) is 5.01. The van der Waals surface area contributed by atoms with E-state index in [0.29, 0.717) is 11.8 Å². The first-order valence-electron chi connectivity index (χ1n) is 5.63. The molecule has 16 heavy (non-hydrogen) atoms. The molecule has 2 aliphatic rings. The number of hydrogen-bond donors (Lipinski definition) is 1. The molecular weight excluding hydrogens is 226 g/mol. The third-order valence-corrected chi connectivity index (χ3v) is 3.90. The summed E-state index contributed by atoms with van der Waals surface area (Å²) in [6.45, 7) is 0.522. The second-order valence-electron chi connectivity index (χ2n) is 4.65. The zero-order chi connectivity index (χ0) is 11.2. The van der Waals surface area contributed by atoms with E-state index in [4.69, 9.17) is 22.1 Å². The molecule has 0 unspecified atom stereocenters. The number of hydrogen-bond acceptors (Lipinski definition) is 4. The number of fused-ring (bicyclic) bond motifs is 1. The third kappa shape index (κ3) is 1.57. The van der Waals surface area contributed by atoms with Crippen molar-refractivity contribution < 1.29 is 4.74 Å². The molecule has 3 rings (SSSR count). The Kier molecular flexibility index (Phi) is 2.30. The summed E-state index contributed by atoms with van der Waals surface area (Å²) in [5, 5.41) is 0.440. The van der Waals surface area contributed by atoms with Gasteiger partial charge in [-0.05, 0) is 12.8 Å². The Morgan fingerprint density at radius 3 is 2.75 bits per heavy atom. The van der Waals surface area contributed by atoms with Gasteiger partial charge in [0.25, 0.3) is 0 Å². The Hall–Kier alpha value is -0.870. The van der Waals surface area contributed by atoms with Gasteiger partial charge in [0.2, 0.25) is 5.95 Å². The molecule has 0 saturated heterocycles. The molecule has 2 N–H and O–H groups in total. The van der Waals surface area contributed by atoms with Crippen LogP contribution in [0.4, 0.5) is 5.95 Å². The highest BCUT2D eigenvalue weighted by molar-refractivity contribution is 6.30. The quantitative estimate of drug-likeness (QED) is 0.705. The van der Waals surface area contributed by atoms with Gasteiger partial charge in [0.05, 0.1) is 17.9 Å². The van der Waals surface area contributed by atoms with E-state index in [0.717, 1.165) is 30.5 Å². The van der Waals surface area contributed by atoms with Crippen LogP contribution in [0.1, 0.15) is 36.9 Å². The van der Waals surface area contributed by atoms with Crippen molar-refractivity contribution in [3.8, 4) is 0 Å². The van der Waals surface area contributed by atoms with Crippen LogP contribution >= 0.6 is 11.6 Å². The van der Waals surface area contributed by atoms with Gasteiger partial charge in [-0.25, -0.2) is 9.97 Å². The highest BCUT2D eigenvalue weighted by Crippen LogP contribution is 2.41. The predicted molar refractivity (Wildman–Crippen MR) is 61.1 cm³/mol. The van der Waals surface area contributed by atoms with E-state index in [9.17, 15) is 0 Å². The largest absolute Gasteiger partial charge is 0.370 e. The van der Waals surface area contributed by atoms with Crippen molar-refractivity contribution >= 4 is 17.5 Å². The lowest BCUT2D eigenvalue weighted by atomic mass is 9.91. The van der Waals surface area contributed by atoms with Crippen molar-refractivity contribution in [2.24, 2.45) is 0 Å². The van der Waals surface area contributed by atoms with E-state index in [1.807, 2.05) is 0 Å². The number of aromatic nitrogens is 2. The summed E-state index contributed by atoms with van der Waals surface area (Å²) in [4.78, 5) is 8.25. The average molecular weight is 240 g/mol. The number of anilines is 1. The van der Waals surface area contributed by atoms with Crippen LogP contribution in [-0.2, 0) is 17.8 Å². The van der Waals surface area contributed by atoms with Gasteiger partial charge < -0.3 is 10.5 Å². The normalized spacial score (nSPS) is 22.3. The van der Waals surface area contributed by atoms with Crippen molar-refractivity contribution in [2.45, 2.75) is 44.3 Å². The fourth-order valence-corrected chi connectivity index (χ4v) is 2.98. The maximum absolute atomic E-state index is 6.03. The molecule has 0 bridgehead atoms. The van der Waals surface area contributed by atoms with Gasteiger partial charge in [0, 0.05) is 12.0 Å². The minimum absolute atomic E-state index is 0.00285. The number of ether oxygens (including phenoxy) is 1. The molecule has 5 heteroatoms. The van der Waals surface area contributed by atoms with Gasteiger partial charge in [-0.1, -0.05) is 24.4 Å². The van der Waals surface area contributed by atoms with Crippen molar-refractivity contribution in [1.82, 2.24) is 9.97 Å². The molecule has 1 aromatic heterocycles. The first-order valence-corrected chi connectivity index (χ1v) is 6.01. The van der Waals surface area contributed by atoms with E-state index in [-0.39, 0.29) is 11.5 Å². The summed E-state index contributed by atoms with van der Waals surface area (Å²) < 4.78 is 5.97. The zero-order valence-corrected chi connectivity index (χ0v) is 9.76. The lowest BCUT2D eigenvalue weighted by molar-refractivity contribution is -0.0635. The van der Waals surface area contributed by atoms with Crippen LogP contribution in [0.5, 0.6) is 0 Å². The van der Waals surface area contributed by atoms with E-state index in [1.165, 1.54) is 12.8 Å². The summed E-state index contributed by atoms with van der Waals surface area (Å²) in [5.41, 5.74) is 7.51. The standard InChI is InChI=1S/C11H14ClN3O/c12-9-7-6-16-11(3-1-2-4-11)5-8(7)14-10(13)15-9/h1-6H2,(H2,13,14,15). The lowest BCUT2D eigenvalue weighted by Gasteiger charge is -2.34. The minimum Gasteiger partial charge on any atom is -0.370 e. The number of halogens is 1. The minimum atomic E-state index is -0.00285. The van der Waals surface area contributed by atoms with E-state index >= 15 is 0 Å². The molecule has 1 aliphatic carbocycles. The summed E-state index contributed by atoms with van der Waals surface area (Å²) in [6.07, 6.45) is 5.55. The van der Waals surface area contributed by atoms with Crippen molar-refractivity contribution in [3.63, 3.8) is 0 Å². The molecule has 0 aromatic carbocycles. The van der Waals surface area contributed by atoms with E-state index < -0.39 is 0 Å². The molecule has 0 atom stereocenters. The molecule has 1 aliphatic heterocycles. The molecule has 2 heterocycles. The highest BCUT2D eigenvalue weighted by atomic mass is 35.5. The van der Waals surface area contributed by atoms with Gasteiger partial charge in [-0.15, -0.1) is 0 Å². The van der Waals surface area contributed by atoms with Gasteiger partial charge in [-0.2, -0.15) is 0 Å². The Morgan fingerprint density at radius 2 is 2.00 bits per heavy atom. The van der Waals surface area contributed by atoms with Crippen LogP contribution in [-0.4, -0.2) is 15.6 Å². The van der Waals surface area contributed by atoms with Gasteiger partial charge >= 0.3 is 0 Å². The van der Waals surface area contributed by atoms with E-state index in [1.54, 1.807) is 0 Å². The molecule has 4 nitrogen and oxygen atoms in total. The highest BCUT2D eigenvalue weighted by Gasteiger charge is 2.39. The molecule has 1 spiro atoms. The second kappa shape index (κ2) is 3.57. The molecule has 1 saturated carbocycles. The SMILES string of the molecule is Nc1nc(Cl)c2c(n1)CC1(CCCC1)OC2. The van der Waals surface area contributed by atoms with Crippen LogP contribution in [0.3, 0.4) is 0 Å². The molecule has 0 radical (unpaired) electrons. The van der Waals surface area contributed by atoms with Crippen molar-refractivity contribution in [2.75, 3.05) is 5.73 Å². The fraction of sp³-hybridized carbons (Fsp3) is 0.636. The Morgan fingerprint density at radius 1 is 1.25 bits per heavy atom. The topological polar surface area (TPSA) is 61.0 Å². The van der Waals surface area contributed by atoms with Crippen molar-refractivity contribution in [3.05, 3.63) is 16.4 Å². The fourth-order valence-electron chi connectivity index (χ4n) is 2.73. The number of rotatable bonds is 0. The lowest BCUT2D eigenvalue weighted by Crippen LogP contribution is -2.36. The average Bonchev–Trinajstić information content (AvgIpc) is 2.65. The molecule has 0 amide bonds. The van der Waals surface area contributed by atoms with Gasteiger partial charge in [-0.3, -0.25) is 0 Å². The van der Waals surface area contributed by atoms with Crippen molar-refractivity contribution in [1.29, 1.82) is 0 Å². The summed E-state index contributed by atoms with van der Waals surface area (Å²) in [6, 6.07) is 0. The smallest absolute Gasteiger partial charge is 0.221 e. The first-order chi connectivity index (χ1) is 7.69. The maximum atomic E-state index is 6.03. The van der Waals surface area contributed by atoms with E-state index in [2.05, 4.69) is 9.97 Å². The van der Waals surface area contributed by atoms with Crippen LogP contribution in [0, 0.1) is 0 Å². The Labute approximate surface area is 99.2 Å². The molecular formula is C11H14ClN3O. The van der Waals surface area contributed by atoms with Gasteiger partial charge in [0.1, 0.15) is 5.15 Å². The molecule has 1 aromatic rings. The molecule has 1 fully saturated rings. The Balaban J connectivity index is 1.99. The predicted octanol–water partition coefficient (Wildman–Crippen LogP) is 2.10. The zero-order valence-electron chi connectivity index (χ0n) is 9.00.